The zero-order valence-corrected chi connectivity index (χ0v) is 22.5. The van der Waals surface area contributed by atoms with Gasteiger partial charge in [-0.05, 0) is 60.2 Å². The van der Waals surface area contributed by atoms with Crippen molar-refractivity contribution in [2.24, 2.45) is 23.3 Å². The van der Waals surface area contributed by atoms with Crippen molar-refractivity contribution >= 4 is 60.2 Å². The highest BCUT2D eigenvalue weighted by atomic mass is 16.4. The Hall–Kier alpha value is -4.23. The Bertz CT molecular complexity index is 1160. The van der Waals surface area contributed by atoms with Crippen LogP contribution in [0.15, 0.2) is 73.8 Å². The number of carbonyl (C=O) groups excluding carboxylic acids is 4. The molecule has 40 heavy (non-hydrogen) atoms. The Balaban J connectivity index is 0.000000686. The number of nitrogens with two attached hydrogens (primary N) is 2. The summed E-state index contributed by atoms with van der Waals surface area (Å²) in [5, 5.41) is 41.2. The summed E-state index contributed by atoms with van der Waals surface area (Å²) < 4.78 is 0. The van der Waals surface area contributed by atoms with Gasteiger partial charge in [-0.1, -0.05) is 51.3 Å². The van der Waals surface area contributed by atoms with Gasteiger partial charge in [0, 0.05) is 23.2 Å². The molecule has 2 aromatic carbocycles. The molecular weight excluding hydrogens is 518 g/mol. The molecule has 2 unspecified atom stereocenters. The molecular formula is C26H36B2N4O8. The van der Waals surface area contributed by atoms with Crippen molar-refractivity contribution in [2.45, 2.75) is 26.7 Å². The van der Waals surface area contributed by atoms with Crippen molar-refractivity contribution in [3.05, 3.63) is 73.8 Å². The standard InChI is InChI=1S/C14H21BN2O4.C9H10BNO3.C3H5NO/c1-3-10(7-9(2)13(16)18)14(19)17-12-6-4-5-11(8-12)15(20)21;1-2-9(12)11-8-5-3-4-7(6-8)10(13)14;1-2-3(4)5/h4-6,8-10,20-21H,3,7H2,1-2H3,(H2,16,18)(H,17,19);2-6,13-14H,1H2,(H,11,12);2H,1H2,(H2,4,5). The minimum absolute atomic E-state index is 0.213. The summed E-state index contributed by atoms with van der Waals surface area (Å²) >= 11 is 0. The van der Waals surface area contributed by atoms with Crippen LogP contribution in [0.3, 0.4) is 0 Å². The number of anilines is 2. The summed E-state index contributed by atoms with van der Waals surface area (Å²) in [4.78, 5) is 43.7. The average molecular weight is 554 g/mol. The average Bonchev–Trinajstić information content (AvgIpc) is 2.92. The summed E-state index contributed by atoms with van der Waals surface area (Å²) in [5.41, 5.74) is 11.4. The van der Waals surface area contributed by atoms with Crippen LogP contribution >= 0.6 is 0 Å². The van der Waals surface area contributed by atoms with Gasteiger partial charge in [-0.15, -0.1) is 0 Å². The van der Waals surface area contributed by atoms with E-state index in [4.69, 9.17) is 25.8 Å². The van der Waals surface area contributed by atoms with Gasteiger partial charge in [0.2, 0.25) is 23.6 Å². The number of primary amides is 2. The Kier molecular flexibility index (Phi) is 16.9. The molecule has 2 aromatic rings. The number of nitrogens with one attached hydrogen (secondary N) is 2. The third-order valence-corrected chi connectivity index (χ3v) is 5.28. The molecule has 0 radical (unpaired) electrons. The molecule has 0 aliphatic rings. The molecule has 12 nitrogen and oxygen atoms in total. The zero-order chi connectivity index (χ0) is 30.8. The Morgan fingerprint density at radius 2 is 1.32 bits per heavy atom. The molecule has 2 rings (SSSR count). The van der Waals surface area contributed by atoms with Crippen molar-refractivity contribution < 1.29 is 39.3 Å². The molecule has 0 aliphatic heterocycles. The fourth-order valence-electron chi connectivity index (χ4n) is 2.99. The normalized spacial score (nSPS) is 11.1. The zero-order valence-electron chi connectivity index (χ0n) is 22.5. The maximum Gasteiger partial charge on any atom is 0.488 e. The van der Waals surface area contributed by atoms with Crippen LogP contribution in [0.1, 0.15) is 26.7 Å². The van der Waals surface area contributed by atoms with Gasteiger partial charge in [-0.25, -0.2) is 0 Å². The molecule has 0 saturated carbocycles. The molecule has 214 valence electrons. The molecule has 10 N–H and O–H groups in total. The van der Waals surface area contributed by atoms with Crippen LogP contribution in [-0.4, -0.2) is 58.0 Å². The van der Waals surface area contributed by atoms with E-state index in [1.807, 2.05) is 6.92 Å². The van der Waals surface area contributed by atoms with Gasteiger partial charge in [0.25, 0.3) is 0 Å². The monoisotopic (exact) mass is 554 g/mol. The summed E-state index contributed by atoms with van der Waals surface area (Å²) in [5.74, 6) is -2.15. The van der Waals surface area contributed by atoms with Crippen molar-refractivity contribution in [3.63, 3.8) is 0 Å². The number of rotatable bonds is 11. The number of benzene rings is 2. The van der Waals surface area contributed by atoms with Gasteiger partial charge in [-0.3, -0.25) is 19.2 Å². The van der Waals surface area contributed by atoms with E-state index in [9.17, 15) is 19.2 Å². The maximum absolute atomic E-state index is 12.2. The second kappa shape index (κ2) is 18.9. The predicted molar refractivity (Wildman–Crippen MR) is 156 cm³/mol. The van der Waals surface area contributed by atoms with Crippen LogP contribution in [0.2, 0.25) is 0 Å². The Labute approximate surface area is 234 Å². The van der Waals surface area contributed by atoms with Crippen LogP contribution < -0.4 is 33.0 Å². The molecule has 0 heterocycles. The Morgan fingerprint density at radius 1 is 0.875 bits per heavy atom. The predicted octanol–water partition coefficient (Wildman–Crippen LogP) is -1.01. The van der Waals surface area contributed by atoms with Crippen molar-refractivity contribution in [1.29, 1.82) is 0 Å². The lowest BCUT2D eigenvalue weighted by Crippen LogP contribution is -2.31. The van der Waals surface area contributed by atoms with E-state index >= 15 is 0 Å². The van der Waals surface area contributed by atoms with Gasteiger partial charge in [0.15, 0.2) is 0 Å². The second-order valence-electron chi connectivity index (χ2n) is 8.43. The van der Waals surface area contributed by atoms with Crippen molar-refractivity contribution in [2.75, 3.05) is 10.6 Å². The SMILES string of the molecule is C=CC(=O)Nc1cccc(B(O)O)c1.C=CC(N)=O.CCC(CC(C)C(N)=O)C(=O)Nc1cccc(B(O)O)c1. The third kappa shape index (κ3) is 14.6. The summed E-state index contributed by atoms with van der Waals surface area (Å²) in [6.45, 7) is 9.95. The highest BCUT2D eigenvalue weighted by Gasteiger charge is 2.22. The molecule has 14 heteroatoms. The highest BCUT2D eigenvalue weighted by Crippen LogP contribution is 2.18. The minimum atomic E-state index is -1.58. The lowest BCUT2D eigenvalue weighted by molar-refractivity contribution is -0.124. The quantitative estimate of drug-likeness (QED) is 0.127. The smallest absolute Gasteiger partial charge is 0.423 e. The number of hydrogen-bond acceptors (Lipinski definition) is 8. The minimum Gasteiger partial charge on any atom is -0.423 e. The van der Waals surface area contributed by atoms with E-state index in [-0.39, 0.29) is 23.7 Å². The Morgan fingerprint density at radius 3 is 1.68 bits per heavy atom. The van der Waals surface area contributed by atoms with E-state index in [0.29, 0.717) is 35.1 Å². The van der Waals surface area contributed by atoms with Gasteiger partial charge >= 0.3 is 14.2 Å². The van der Waals surface area contributed by atoms with E-state index in [0.717, 1.165) is 12.2 Å². The topological polar surface area (TPSA) is 225 Å². The first-order chi connectivity index (χ1) is 18.7. The lowest BCUT2D eigenvalue weighted by Gasteiger charge is -2.17. The molecule has 4 amide bonds. The van der Waals surface area contributed by atoms with Crippen LogP contribution in [0.25, 0.3) is 0 Å². The van der Waals surface area contributed by atoms with Crippen molar-refractivity contribution in [1.82, 2.24) is 0 Å². The molecule has 0 aliphatic carbocycles. The molecule has 0 spiro atoms. The summed E-state index contributed by atoms with van der Waals surface area (Å²) in [7, 11) is -3.12. The molecule has 0 aromatic heterocycles. The third-order valence-electron chi connectivity index (χ3n) is 5.28. The largest absolute Gasteiger partial charge is 0.488 e. The maximum atomic E-state index is 12.2. The molecule has 0 bridgehead atoms. The van der Waals surface area contributed by atoms with Gasteiger partial charge < -0.3 is 42.2 Å². The van der Waals surface area contributed by atoms with Crippen LogP contribution in [-0.2, 0) is 19.2 Å². The number of carbonyl (C=O) groups is 4. The fourth-order valence-corrected chi connectivity index (χ4v) is 2.99. The summed E-state index contributed by atoms with van der Waals surface area (Å²) in [6.07, 6.45) is 3.17. The van der Waals surface area contributed by atoms with E-state index in [1.165, 1.54) is 12.1 Å². The highest BCUT2D eigenvalue weighted by molar-refractivity contribution is 6.59. The van der Waals surface area contributed by atoms with Gasteiger partial charge in [-0.2, -0.15) is 0 Å². The van der Waals surface area contributed by atoms with Crippen LogP contribution in [0.4, 0.5) is 11.4 Å². The van der Waals surface area contributed by atoms with Crippen LogP contribution in [0.5, 0.6) is 0 Å². The molecule has 0 fully saturated rings. The summed E-state index contributed by atoms with van der Waals surface area (Å²) in [6, 6.07) is 12.6. The number of amides is 4. The molecule has 0 saturated heterocycles. The first-order valence-corrected chi connectivity index (χ1v) is 12.1. The van der Waals surface area contributed by atoms with Gasteiger partial charge in [0.1, 0.15) is 0 Å². The number of hydrogen-bond donors (Lipinski definition) is 8. The molecule has 2 atom stereocenters. The van der Waals surface area contributed by atoms with Crippen molar-refractivity contribution in [3.8, 4) is 0 Å². The first kappa shape index (κ1) is 35.8. The first-order valence-electron chi connectivity index (χ1n) is 12.1. The van der Waals surface area contributed by atoms with Gasteiger partial charge in [0.05, 0.1) is 0 Å². The van der Waals surface area contributed by atoms with Crippen LogP contribution in [0, 0.1) is 11.8 Å². The lowest BCUT2D eigenvalue weighted by atomic mass is 9.80. The second-order valence-corrected chi connectivity index (χ2v) is 8.43. The van der Waals surface area contributed by atoms with E-state index in [2.05, 4.69) is 29.5 Å². The van der Waals surface area contributed by atoms with E-state index in [1.54, 1.807) is 43.3 Å². The fraction of sp³-hybridized carbons (Fsp3) is 0.231. The van der Waals surface area contributed by atoms with E-state index < -0.39 is 26.1 Å².